The van der Waals surface area contributed by atoms with Crippen LogP contribution in [0.3, 0.4) is 0 Å². The van der Waals surface area contributed by atoms with Crippen molar-refractivity contribution in [2.24, 2.45) is 5.92 Å². The van der Waals surface area contributed by atoms with Crippen molar-refractivity contribution >= 4 is 11.8 Å². The number of nitrogens with one attached hydrogen (secondary N) is 1. The first kappa shape index (κ1) is 13.5. The van der Waals surface area contributed by atoms with Crippen LogP contribution in [0, 0.1) is 5.92 Å². The number of carbonyl (C=O) groups excluding carboxylic acids is 2. The van der Waals surface area contributed by atoms with E-state index in [-0.39, 0.29) is 24.2 Å². The summed E-state index contributed by atoms with van der Waals surface area (Å²) in [5.41, 5.74) is 2.64. The molecule has 0 spiro atoms. The summed E-state index contributed by atoms with van der Waals surface area (Å²) >= 11 is 0. The predicted octanol–water partition coefficient (Wildman–Crippen LogP) is 0.973. The Balaban J connectivity index is 1.83. The third-order valence-electron chi connectivity index (χ3n) is 3.44. The Morgan fingerprint density at radius 1 is 1.32 bits per heavy atom. The van der Waals surface area contributed by atoms with Crippen molar-refractivity contribution in [2.45, 2.75) is 19.3 Å². The van der Waals surface area contributed by atoms with Crippen LogP contribution in [0.15, 0.2) is 30.3 Å². The molecule has 1 atom stereocenters. The molecule has 2 rings (SSSR count). The first-order chi connectivity index (χ1) is 9.19. The Labute approximate surface area is 112 Å². The van der Waals surface area contributed by atoms with Crippen LogP contribution in [0.1, 0.15) is 18.4 Å². The summed E-state index contributed by atoms with van der Waals surface area (Å²) in [5.74, 6) is -0.146. The normalized spacial score (nSPS) is 18.4. The Morgan fingerprint density at radius 3 is 2.74 bits per heavy atom. The molecule has 2 N–H and O–H groups in total. The lowest BCUT2D eigenvalue weighted by Crippen LogP contribution is -2.31. The van der Waals surface area contributed by atoms with Gasteiger partial charge in [-0.2, -0.15) is 0 Å². The average molecular weight is 262 g/mol. The number of nitrogens with zero attached hydrogens (tertiary/aromatic N) is 1. The molecule has 1 aromatic rings. The summed E-state index contributed by atoms with van der Waals surface area (Å²) in [6.07, 6.45) is 1.49. The van der Waals surface area contributed by atoms with Gasteiger partial charge in [0.05, 0.1) is 6.42 Å². The smallest absolute Gasteiger partial charge is 0.243 e. The summed E-state index contributed by atoms with van der Waals surface area (Å²) < 4.78 is 0. The van der Waals surface area contributed by atoms with Gasteiger partial charge >= 0.3 is 0 Å². The van der Waals surface area contributed by atoms with E-state index in [1.807, 2.05) is 30.3 Å². The molecule has 19 heavy (non-hydrogen) atoms. The molecule has 2 amide bonds. The van der Waals surface area contributed by atoms with E-state index >= 15 is 0 Å². The lowest BCUT2D eigenvalue weighted by Gasteiger charge is -2.16. The van der Waals surface area contributed by atoms with E-state index in [0.29, 0.717) is 19.5 Å². The van der Waals surface area contributed by atoms with Crippen molar-refractivity contribution < 1.29 is 14.8 Å². The van der Waals surface area contributed by atoms with Gasteiger partial charge in [0.2, 0.25) is 11.8 Å². The number of hydrogen-bond donors (Lipinski definition) is 2. The van der Waals surface area contributed by atoms with Crippen LogP contribution < -0.4 is 5.48 Å². The number of carbonyl (C=O) groups is 2. The highest BCUT2D eigenvalue weighted by Crippen LogP contribution is 2.20. The van der Waals surface area contributed by atoms with Gasteiger partial charge in [-0.05, 0) is 17.9 Å². The first-order valence-corrected chi connectivity index (χ1v) is 6.43. The van der Waals surface area contributed by atoms with E-state index < -0.39 is 0 Å². The summed E-state index contributed by atoms with van der Waals surface area (Å²) in [7, 11) is 0. The molecule has 1 unspecified atom stereocenters. The molecular weight excluding hydrogens is 244 g/mol. The Kier molecular flexibility index (Phi) is 4.52. The van der Waals surface area contributed by atoms with Gasteiger partial charge < -0.3 is 4.90 Å². The summed E-state index contributed by atoms with van der Waals surface area (Å²) in [6, 6.07) is 9.63. The number of benzene rings is 1. The zero-order chi connectivity index (χ0) is 13.7. The van der Waals surface area contributed by atoms with E-state index in [2.05, 4.69) is 0 Å². The van der Waals surface area contributed by atoms with Crippen LogP contribution >= 0.6 is 0 Å². The van der Waals surface area contributed by atoms with Gasteiger partial charge in [0.15, 0.2) is 0 Å². The predicted molar refractivity (Wildman–Crippen MR) is 69.4 cm³/mol. The molecule has 1 heterocycles. The molecule has 0 radical (unpaired) electrons. The second-order valence-corrected chi connectivity index (χ2v) is 4.90. The molecule has 0 saturated carbocycles. The number of likely N-dealkylation sites (tertiary alicyclic amines) is 1. The fourth-order valence-electron chi connectivity index (χ4n) is 2.42. The minimum atomic E-state index is -0.387. The fourth-order valence-corrected chi connectivity index (χ4v) is 2.42. The number of amides is 2. The van der Waals surface area contributed by atoms with Gasteiger partial charge in [0.25, 0.3) is 0 Å². The molecule has 0 bridgehead atoms. The van der Waals surface area contributed by atoms with Crippen LogP contribution in [0.4, 0.5) is 0 Å². The van der Waals surface area contributed by atoms with Crippen molar-refractivity contribution in [2.75, 3.05) is 13.1 Å². The molecule has 0 aliphatic carbocycles. The van der Waals surface area contributed by atoms with Crippen molar-refractivity contribution in [3.8, 4) is 0 Å². The second kappa shape index (κ2) is 6.33. The molecule has 1 aromatic carbocycles. The third-order valence-corrected chi connectivity index (χ3v) is 3.44. The maximum atomic E-state index is 12.1. The van der Waals surface area contributed by atoms with Gasteiger partial charge in [0.1, 0.15) is 0 Å². The minimum absolute atomic E-state index is 0.0955. The lowest BCUT2D eigenvalue weighted by atomic mass is 10.1. The second-order valence-electron chi connectivity index (χ2n) is 4.90. The number of hydrogen-bond acceptors (Lipinski definition) is 3. The van der Waals surface area contributed by atoms with Gasteiger partial charge in [-0.3, -0.25) is 14.8 Å². The Morgan fingerprint density at radius 2 is 2.05 bits per heavy atom. The quantitative estimate of drug-likeness (QED) is 0.627. The standard InChI is InChI=1S/C14H18N2O3/c17-13(15-19)8-12-6-7-16(10-12)14(18)9-11-4-2-1-3-5-11/h1-5,12,19H,6-10H2,(H,15,17). The molecule has 1 aliphatic heterocycles. The highest BCUT2D eigenvalue weighted by Gasteiger charge is 2.27. The van der Waals surface area contributed by atoms with Crippen molar-refractivity contribution in [3.05, 3.63) is 35.9 Å². The topological polar surface area (TPSA) is 69.6 Å². The van der Waals surface area contributed by atoms with Gasteiger partial charge in [0, 0.05) is 19.5 Å². The molecule has 0 aromatic heterocycles. The molecule has 102 valence electrons. The minimum Gasteiger partial charge on any atom is -0.342 e. The monoisotopic (exact) mass is 262 g/mol. The molecule has 5 nitrogen and oxygen atoms in total. The Bertz CT molecular complexity index is 447. The Hall–Kier alpha value is -1.88. The van der Waals surface area contributed by atoms with E-state index in [4.69, 9.17) is 5.21 Å². The first-order valence-electron chi connectivity index (χ1n) is 6.43. The SMILES string of the molecule is O=C(CC1CCN(C(=O)Cc2ccccc2)C1)NO. The molecule has 1 saturated heterocycles. The summed E-state index contributed by atoms with van der Waals surface area (Å²) in [4.78, 5) is 25.0. The van der Waals surface area contributed by atoms with Crippen molar-refractivity contribution in [3.63, 3.8) is 0 Å². The van der Waals surface area contributed by atoms with Gasteiger partial charge in [-0.25, -0.2) is 5.48 Å². The van der Waals surface area contributed by atoms with Crippen LogP contribution in [0.2, 0.25) is 0 Å². The highest BCUT2D eigenvalue weighted by atomic mass is 16.5. The number of hydroxylamine groups is 1. The van der Waals surface area contributed by atoms with Crippen molar-refractivity contribution in [1.82, 2.24) is 10.4 Å². The zero-order valence-corrected chi connectivity index (χ0v) is 10.7. The molecule has 1 fully saturated rings. The summed E-state index contributed by atoms with van der Waals surface area (Å²) in [5, 5.41) is 8.48. The van der Waals surface area contributed by atoms with Crippen LogP contribution in [0.5, 0.6) is 0 Å². The van der Waals surface area contributed by atoms with Gasteiger partial charge in [-0.15, -0.1) is 0 Å². The lowest BCUT2D eigenvalue weighted by molar-refractivity contribution is -0.131. The van der Waals surface area contributed by atoms with E-state index in [1.165, 1.54) is 0 Å². The molecule has 5 heteroatoms. The van der Waals surface area contributed by atoms with Crippen molar-refractivity contribution in [1.29, 1.82) is 0 Å². The highest BCUT2D eigenvalue weighted by molar-refractivity contribution is 5.79. The van der Waals surface area contributed by atoms with E-state index in [0.717, 1.165) is 12.0 Å². The van der Waals surface area contributed by atoms with Crippen LogP contribution in [0.25, 0.3) is 0 Å². The summed E-state index contributed by atoms with van der Waals surface area (Å²) in [6.45, 7) is 1.29. The molecule has 1 aliphatic rings. The number of rotatable bonds is 4. The largest absolute Gasteiger partial charge is 0.342 e. The maximum Gasteiger partial charge on any atom is 0.243 e. The average Bonchev–Trinajstić information content (AvgIpc) is 2.88. The zero-order valence-electron chi connectivity index (χ0n) is 10.7. The third kappa shape index (κ3) is 3.79. The van der Waals surface area contributed by atoms with Gasteiger partial charge in [-0.1, -0.05) is 30.3 Å². The van der Waals surface area contributed by atoms with Crippen LogP contribution in [-0.4, -0.2) is 35.0 Å². The van der Waals surface area contributed by atoms with E-state index in [1.54, 1.807) is 10.4 Å². The fraction of sp³-hybridized carbons (Fsp3) is 0.429. The molecular formula is C14H18N2O3. The van der Waals surface area contributed by atoms with Crippen LogP contribution in [-0.2, 0) is 16.0 Å². The maximum absolute atomic E-state index is 12.1. The van der Waals surface area contributed by atoms with E-state index in [9.17, 15) is 9.59 Å².